The summed E-state index contributed by atoms with van der Waals surface area (Å²) < 4.78 is 0. The van der Waals surface area contributed by atoms with Crippen molar-refractivity contribution in [1.29, 1.82) is 0 Å². The molecule has 1 fully saturated rings. The van der Waals surface area contributed by atoms with Gasteiger partial charge in [-0.25, -0.2) is 4.79 Å². The van der Waals surface area contributed by atoms with Crippen molar-refractivity contribution in [2.45, 2.75) is 51.6 Å². The number of hydrogen-bond donors (Lipinski definition) is 2. The van der Waals surface area contributed by atoms with Gasteiger partial charge in [-0.3, -0.25) is 9.69 Å². The summed E-state index contributed by atoms with van der Waals surface area (Å²) in [4.78, 5) is 24.0. The maximum absolute atomic E-state index is 11.5. The number of amides is 2. The van der Waals surface area contributed by atoms with Crippen molar-refractivity contribution in [3.05, 3.63) is 29.8 Å². The SMILES string of the molecule is CC(=O)Nc1ccc(C2CC2N(C(=O)O)C(C)(C)C)cc1. The lowest BCUT2D eigenvalue weighted by Crippen LogP contribution is -2.46. The van der Waals surface area contributed by atoms with Crippen LogP contribution in [0.3, 0.4) is 0 Å². The van der Waals surface area contributed by atoms with E-state index in [1.807, 2.05) is 45.0 Å². The molecule has 2 N–H and O–H groups in total. The van der Waals surface area contributed by atoms with Crippen LogP contribution in [0.2, 0.25) is 0 Å². The van der Waals surface area contributed by atoms with Gasteiger partial charge < -0.3 is 10.4 Å². The van der Waals surface area contributed by atoms with E-state index in [4.69, 9.17) is 0 Å². The Morgan fingerprint density at radius 2 is 1.81 bits per heavy atom. The molecule has 114 valence electrons. The molecule has 0 aromatic heterocycles. The molecule has 1 aliphatic rings. The summed E-state index contributed by atoms with van der Waals surface area (Å²) in [7, 11) is 0. The van der Waals surface area contributed by atoms with Crippen LogP contribution in [0.5, 0.6) is 0 Å². The molecular formula is C16H22N2O3. The van der Waals surface area contributed by atoms with Crippen molar-refractivity contribution < 1.29 is 14.7 Å². The van der Waals surface area contributed by atoms with Crippen molar-refractivity contribution in [1.82, 2.24) is 4.90 Å². The average molecular weight is 290 g/mol. The highest BCUT2D eigenvalue weighted by Crippen LogP contribution is 2.47. The van der Waals surface area contributed by atoms with E-state index >= 15 is 0 Å². The van der Waals surface area contributed by atoms with Gasteiger partial charge in [0, 0.05) is 30.1 Å². The van der Waals surface area contributed by atoms with Crippen LogP contribution >= 0.6 is 0 Å². The number of rotatable bonds is 3. The molecule has 0 saturated heterocycles. The van der Waals surface area contributed by atoms with E-state index < -0.39 is 11.6 Å². The number of carbonyl (C=O) groups is 2. The van der Waals surface area contributed by atoms with E-state index in [2.05, 4.69) is 5.32 Å². The molecule has 1 saturated carbocycles. The summed E-state index contributed by atoms with van der Waals surface area (Å²) in [6, 6.07) is 7.66. The third-order valence-electron chi connectivity index (χ3n) is 3.68. The predicted octanol–water partition coefficient (Wildman–Crippen LogP) is 3.28. The number of nitrogens with one attached hydrogen (secondary N) is 1. The van der Waals surface area contributed by atoms with Gasteiger partial charge >= 0.3 is 6.09 Å². The van der Waals surface area contributed by atoms with Crippen molar-refractivity contribution in [2.24, 2.45) is 0 Å². The van der Waals surface area contributed by atoms with Crippen LogP contribution in [0.1, 0.15) is 45.6 Å². The van der Waals surface area contributed by atoms with Crippen LogP contribution in [0.4, 0.5) is 10.5 Å². The minimum atomic E-state index is -0.870. The fourth-order valence-electron chi connectivity index (χ4n) is 2.77. The zero-order chi connectivity index (χ0) is 15.8. The highest BCUT2D eigenvalue weighted by Gasteiger charge is 2.48. The first-order valence-electron chi connectivity index (χ1n) is 7.10. The van der Waals surface area contributed by atoms with E-state index in [0.29, 0.717) is 0 Å². The topological polar surface area (TPSA) is 69.6 Å². The lowest BCUT2D eigenvalue weighted by Gasteiger charge is -2.33. The van der Waals surface area contributed by atoms with Gasteiger partial charge in [-0.05, 0) is 44.9 Å². The molecule has 21 heavy (non-hydrogen) atoms. The zero-order valence-corrected chi connectivity index (χ0v) is 12.9. The minimum absolute atomic E-state index is 0.0362. The fraction of sp³-hybridized carbons (Fsp3) is 0.500. The molecule has 5 nitrogen and oxygen atoms in total. The van der Waals surface area contributed by atoms with Crippen LogP contribution in [0, 0.1) is 0 Å². The molecule has 0 heterocycles. The molecule has 5 heteroatoms. The van der Waals surface area contributed by atoms with Crippen LogP contribution in [-0.4, -0.2) is 33.6 Å². The Kier molecular flexibility index (Phi) is 3.94. The zero-order valence-electron chi connectivity index (χ0n) is 12.9. The van der Waals surface area contributed by atoms with E-state index in [1.165, 1.54) is 6.92 Å². The number of hydrogen-bond acceptors (Lipinski definition) is 2. The summed E-state index contributed by atoms with van der Waals surface area (Å²) in [5.74, 6) is 0.142. The number of carboxylic acid groups (broad SMARTS) is 1. The molecule has 2 unspecified atom stereocenters. The molecule has 2 atom stereocenters. The van der Waals surface area contributed by atoms with Crippen LogP contribution in [0.15, 0.2) is 24.3 Å². The standard InChI is InChI=1S/C16H22N2O3/c1-10(19)17-12-7-5-11(6-8-12)13-9-14(13)18(15(20)21)16(2,3)4/h5-8,13-14H,9H2,1-4H3,(H,17,19)(H,20,21). The van der Waals surface area contributed by atoms with Gasteiger partial charge in [0.1, 0.15) is 0 Å². The Morgan fingerprint density at radius 3 is 2.24 bits per heavy atom. The molecule has 0 spiro atoms. The molecule has 0 aliphatic heterocycles. The summed E-state index contributed by atoms with van der Waals surface area (Å²) >= 11 is 0. The van der Waals surface area contributed by atoms with Crippen LogP contribution in [-0.2, 0) is 4.79 Å². The van der Waals surface area contributed by atoms with Gasteiger partial charge in [0.25, 0.3) is 0 Å². The first-order valence-corrected chi connectivity index (χ1v) is 7.10. The molecule has 2 rings (SSSR count). The smallest absolute Gasteiger partial charge is 0.408 e. The van der Waals surface area contributed by atoms with Gasteiger partial charge in [-0.1, -0.05) is 12.1 Å². The predicted molar refractivity (Wildman–Crippen MR) is 81.5 cm³/mol. The van der Waals surface area contributed by atoms with Crippen LogP contribution < -0.4 is 5.32 Å². The van der Waals surface area contributed by atoms with Gasteiger partial charge in [-0.2, -0.15) is 0 Å². The monoisotopic (exact) mass is 290 g/mol. The highest BCUT2D eigenvalue weighted by molar-refractivity contribution is 5.88. The summed E-state index contributed by atoms with van der Waals surface area (Å²) in [6.45, 7) is 7.21. The Balaban J connectivity index is 2.08. The highest BCUT2D eigenvalue weighted by atomic mass is 16.4. The Labute approximate surface area is 125 Å². The molecule has 0 radical (unpaired) electrons. The lowest BCUT2D eigenvalue weighted by atomic mass is 10.0. The van der Waals surface area contributed by atoms with E-state index in [0.717, 1.165) is 17.7 Å². The quantitative estimate of drug-likeness (QED) is 0.897. The number of carbonyl (C=O) groups excluding carboxylic acids is 1. The maximum Gasteiger partial charge on any atom is 0.408 e. The number of benzene rings is 1. The molecule has 0 bridgehead atoms. The fourth-order valence-corrected chi connectivity index (χ4v) is 2.77. The molecule has 1 aliphatic carbocycles. The van der Waals surface area contributed by atoms with E-state index in [9.17, 15) is 14.7 Å². The van der Waals surface area contributed by atoms with Crippen molar-refractivity contribution in [2.75, 3.05) is 5.32 Å². The second-order valence-electron chi connectivity index (χ2n) is 6.54. The second-order valence-corrected chi connectivity index (χ2v) is 6.54. The number of anilines is 1. The summed E-state index contributed by atoms with van der Waals surface area (Å²) in [5, 5.41) is 12.1. The molecule has 2 amide bonds. The second kappa shape index (κ2) is 5.39. The normalized spacial score (nSPS) is 20.8. The largest absolute Gasteiger partial charge is 0.465 e. The molecular weight excluding hydrogens is 268 g/mol. The number of nitrogens with zero attached hydrogens (tertiary/aromatic N) is 1. The van der Waals surface area contributed by atoms with E-state index in [1.54, 1.807) is 4.90 Å². The lowest BCUT2D eigenvalue weighted by molar-refractivity contribution is -0.114. The minimum Gasteiger partial charge on any atom is -0.465 e. The maximum atomic E-state index is 11.5. The van der Waals surface area contributed by atoms with Crippen molar-refractivity contribution in [3.63, 3.8) is 0 Å². The third-order valence-corrected chi connectivity index (χ3v) is 3.68. The van der Waals surface area contributed by atoms with Gasteiger partial charge in [0.15, 0.2) is 0 Å². The molecule has 1 aromatic rings. The Hall–Kier alpha value is -2.04. The van der Waals surface area contributed by atoms with Gasteiger partial charge in [0.2, 0.25) is 5.91 Å². The summed E-state index contributed by atoms with van der Waals surface area (Å²) in [5.41, 5.74) is 1.47. The Bertz CT molecular complexity index is 546. The molecule has 1 aromatic carbocycles. The van der Waals surface area contributed by atoms with Gasteiger partial charge in [0.05, 0.1) is 0 Å². The van der Waals surface area contributed by atoms with E-state index in [-0.39, 0.29) is 17.9 Å². The van der Waals surface area contributed by atoms with Gasteiger partial charge in [-0.15, -0.1) is 0 Å². The first kappa shape index (κ1) is 15.4. The van der Waals surface area contributed by atoms with Crippen LogP contribution in [0.25, 0.3) is 0 Å². The Morgan fingerprint density at radius 1 is 1.24 bits per heavy atom. The summed E-state index contributed by atoms with van der Waals surface area (Å²) in [6.07, 6.45) is -0.0202. The van der Waals surface area contributed by atoms with Crippen molar-refractivity contribution >= 4 is 17.7 Å². The first-order chi connectivity index (χ1) is 9.70. The average Bonchev–Trinajstić information content (AvgIpc) is 3.06. The van der Waals surface area contributed by atoms with Crippen molar-refractivity contribution in [3.8, 4) is 0 Å². The third kappa shape index (κ3) is 3.54.